The number of ether oxygens (including phenoxy) is 1. The van der Waals surface area contributed by atoms with Crippen molar-refractivity contribution in [3.63, 3.8) is 0 Å². The summed E-state index contributed by atoms with van der Waals surface area (Å²) in [5.41, 5.74) is 0.322. The molecule has 9 heteroatoms. The number of sulfonamides is 1. The van der Waals surface area contributed by atoms with Crippen molar-refractivity contribution in [1.82, 2.24) is 9.62 Å². The number of thiophene rings is 1. The highest BCUT2D eigenvalue weighted by atomic mass is 32.2. The lowest BCUT2D eigenvalue weighted by atomic mass is 9.88. The van der Waals surface area contributed by atoms with Gasteiger partial charge < -0.3 is 15.2 Å². The molecule has 1 aromatic carbocycles. The van der Waals surface area contributed by atoms with Gasteiger partial charge in [0.15, 0.2) is 0 Å². The second-order valence-electron chi connectivity index (χ2n) is 8.88. The number of aliphatic hydroxyl groups excluding tert-OH is 1. The minimum atomic E-state index is -3.71. The van der Waals surface area contributed by atoms with Crippen LogP contribution in [0.2, 0.25) is 0 Å². The third-order valence-electron chi connectivity index (χ3n) is 5.30. The summed E-state index contributed by atoms with van der Waals surface area (Å²) in [6.45, 7) is 7.47. The van der Waals surface area contributed by atoms with E-state index in [-0.39, 0.29) is 36.4 Å². The maximum Gasteiger partial charge on any atom is 0.408 e. The molecule has 1 amide bonds. The summed E-state index contributed by atoms with van der Waals surface area (Å²) < 4.78 is 33.2. The van der Waals surface area contributed by atoms with Gasteiger partial charge in [-0.2, -0.15) is 4.31 Å². The van der Waals surface area contributed by atoms with Crippen molar-refractivity contribution in [2.24, 2.45) is 11.8 Å². The van der Waals surface area contributed by atoms with E-state index in [1.165, 1.54) is 15.6 Å². The number of benzene rings is 1. The number of aliphatic hydroxyl groups is 1. The minimum Gasteiger partial charge on any atom is -0.444 e. The second kappa shape index (κ2) is 9.28. The molecular weight excluding hydrogens is 436 g/mol. The fourth-order valence-corrected chi connectivity index (χ4v) is 6.16. The number of carbonyl (C=O) groups is 1. The highest BCUT2D eigenvalue weighted by molar-refractivity contribution is 7.89. The van der Waals surface area contributed by atoms with Gasteiger partial charge in [0, 0.05) is 36.4 Å². The van der Waals surface area contributed by atoms with Crippen molar-refractivity contribution in [1.29, 1.82) is 0 Å². The molecule has 0 aliphatic carbocycles. The lowest BCUT2D eigenvalue weighted by Gasteiger charge is -2.29. The molecule has 1 fully saturated rings. The zero-order chi connectivity index (χ0) is 22.8. The highest BCUT2D eigenvalue weighted by Gasteiger charge is 2.44. The maximum absolute atomic E-state index is 13.2. The number of amides is 1. The molecule has 1 aliphatic rings. The summed E-state index contributed by atoms with van der Waals surface area (Å²) in [4.78, 5) is 13.6. The van der Waals surface area contributed by atoms with Gasteiger partial charge in [-0.05, 0) is 51.3 Å². The zero-order valence-electron chi connectivity index (χ0n) is 18.2. The predicted octanol–water partition coefficient (Wildman–Crippen LogP) is 3.55. The van der Waals surface area contributed by atoms with Gasteiger partial charge >= 0.3 is 6.09 Å². The quantitative estimate of drug-likeness (QED) is 0.679. The zero-order valence-corrected chi connectivity index (χ0v) is 19.9. The summed E-state index contributed by atoms with van der Waals surface area (Å²) >= 11 is 1.48. The molecule has 3 rings (SSSR count). The Morgan fingerprint density at radius 2 is 1.94 bits per heavy atom. The first-order chi connectivity index (χ1) is 14.5. The fourth-order valence-electron chi connectivity index (χ4n) is 3.77. The van der Waals surface area contributed by atoms with Crippen LogP contribution >= 0.6 is 11.3 Å². The van der Waals surface area contributed by atoms with E-state index >= 15 is 0 Å². The van der Waals surface area contributed by atoms with Crippen molar-refractivity contribution in [2.75, 3.05) is 19.7 Å². The molecule has 1 saturated heterocycles. The average Bonchev–Trinajstić information content (AvgIpc) is 3.35. The number of nitrogens with one attached hydrogen (secondary N) is 1. The van der Waals surface area contributed by atoms with Gasteiger partial charge in [0.05, 0.1) is 10.9 Å². The Morgan fingerprint density at radius 3 is 2.48 bits per heavy atom. The van der Waals surface area contributed by atoms with Gasteiger partial charge in [0.1, 0.15) is 5.60 Å². The van der Waals surface area contributed by atoms with E-state index in [1.54, 1.807) is 45.0 Å². The molecule has 0 spiro atoms. The molecule has 2 N–H and O–H groups in total. The topological polar surface area (TPSA) is 95.9 Å². The van der Waals surface area contributed by atoms with Crippen LogP contribution in [-0.2, 0) is 14.8 Å². The largest absolute Gasteiger partial charge is 0.444 e. The van der Waals surface area contributed by atoms with E-state index in [0.717, 1.165) is 10.4 Å². The summed E-state index contributed by atoms with van der Waals surface area (Å²) in [6.07, 6.45) is -0.567. The lowest BCUT2D eigenvalue weighted by Crippen LogP contribution is -2.40. The molecule has 0 saturated carbocycles. The van der Waals surface area contributed by atoms with Crippen molar-refractivity contribution < 1.29 is 23.1 Å². The minimum absolute atomic E-state index is 0.178. The van der Waals surface area contributed by atoms with Crippen LogP contribution in [0, 0.1) is 18.8 Å². The van der Waals surface area contributed by atoms with E-state index in [0.29, 0.717) is 0 Å². The Labute approximate surface area is 188 Å². The van der Waals surface area contributed by atoms with E-state index < -0.39 is 27.8 Å². The number of aryl methyl sites for hydroxylation is 1. The summed E-state index contributed by atoms with van der Waals surface area (Å²) in [5, 5.41) is 14.9. The van der Waals surface area contributed by atoms with Gasteiger partial charge in [-0.15, -0.1) is 11.3 Å². The molecule has 2 aromatic rings. The Morgan fingerprint density at radius 1 is 1.26 bits per heavy atom. The van der Waals surface area contributed by atoms with E-state index in [1.807, 2.05) is 24.4 Å². The molecule has 2 heterocycles. The van der Waals surface area contributed by atoms with Gasteiger partial charge in [0.25, 0.3) is 0 Å². The van der Waals surface area contributed by atoms with E-state index in [2.05, 4.69) is 5.32 Å². The molecule has 0 radical (unpaired) electrons. The van der Waals surface area contributed by atoms with Crippen LogP contribution < -0.4 is 5.32 Å². The van der Waals surface area contributed by atoms with Crippen LogP contribution in [0.1, 0.15) is 37.3 Å². The molecule has 31 heavy (non-hydrogen) atoms. The highest BCUT2D eigenvalue weighted by Crippen LogP contribution is 2.38. The van der Waals surface area contributed by atoms with Crippen molar-refractivity contribution in [3.05, 3.63) is 52.2 Å². The van der Waals surface area contributed by atoms with Crippen molar-refractivity contribution in [3.8, 4) is 0 Å². The molecule has 3 atom stereocenters. The molecule has 1 aromatic heterocycles. The number of rotatable bonds is 6. The smallest absolute Gasteiger partial charge is 0.408 e. The normalized spacial score (nSPS) is 21.1. The number of hydrogen-bond donors (Lipinski definition) is 2. The first-order valence-electron chi connectivity index (χ1n) is 10.2. The molecule has 1 aliphatic heterocycles. The first-order valence-corrected chi connectivity index (χ1v) is 12.5. The number of alkyl carbamates (subject to hydrolysis) is 1. The third-order valence-corrected chi connectivity index (χ3v) is 8.10. The Bertz CT molecular complexity index is 982. The molecule has 0 bridgehead atoms. The van der Waals surface area contributed by atoms with Gasteiger partial charge in [-0.3, -0.25) is 0 Å². The summed E-state index contributed by atoms with van der Waals surface area (Å²) in [5.74, 6) is -0.612. The average molecular weight is 467 g/mol. The maximum atomic E-state index is 13.2. The molecule has 170 valence electrons. The summed E-state index contributed by atoms with van der Waals surface area (Å²) in [7, 11) is -3.71. The predicted molar refractivity (Wildman–Crippen MR) is 120 cm³/mol. The first kappa shape index (κ1) is 23.7. The monoisotopic (exact) mass is 466 g/mol. The number of hydrogen-bond acceptors (Lipinski definition) is 6. The van der Waals surface area contributed by atoms with Gasteiger partial charge in [0.2, 0.25) is 10.0 Å². The van der Waals surface area contributed by atoms with Crippen molar-refractivity contribution in [2.45, 2.75) is 44.2 Å². The molecular formula is C22H30N2O5S2. The van der Waals surface area contributed by atoms with E-state index in [9.17, 15) is 18.3 Å². The lowest BCUT2D eigenvalue weighted by molar-refractivity contribution is 0.0472. The summed E-state index contributed by atoms with van der Waals surface area (Å²) in [6, 6.07) is 10.0. The Kier molecular flexibility index (Phi) is 7.10. The van der Waals surface area contributed by atoms with Crippen molar-refractivity contribution >= 4 is 27.5 Å². The van der Waals surface area contributed by atoms with E-state index in [4.69, 9.17) is 4.74 Å². The second-order valence-corrected chi connectivity index (χ2v) is 11.8. The van der Waals surface area contributed by atoms with Crippen LogP contribution in [0.3, 0.4) is 0 Å². The number of carbonyl (C=O) groups excluding carboxylic acids is 1. The van der Waals surface area contributed by atoms with Crippen LogP contribution in [0.15, 0.2) is 46.7 Å². The van der Waals surface area contributed by atoms with Crippen LogP contribution in [0.25, 0.3) is 0 Å². The van der Waals surface area contributed by atoms with Gasteiger partial charge in [-0.25, -0.2) is 13.2 Å². The SMILES string of the molecule is Cc1ccc(S(=O)(=O)N2C[C@@H](CO)[C@@H]([C@@H](NC(=O)OC(C)(C)C)c3cccs3)C2)cc1. The molecule has 7 nitrogen and oxygen atoms in total. The Hall–Kier alpha value is -1.94. The van der Waals surface area contributed by atoms with Crippen LogP contribution in [0.4, 0.5) is 4.79 Å². The third kappa shape index (κ3) is 5.65. The fraction of sp³-hybridized carbons (Fsp3) is 0.500. The van der Waals surface area contributed by atoms with Gasteiger partial charge in [-0.1, -0.05) is 23.8 Å². The van der Waals surface area contributed by atoms with Crippen LogP contribution in [-0.4, -0.2) is 49.2 Å². The van der Waals surface area contributed by atoms with Crippen LogP contribution in [0.5, 0.6) is 0 Å². The number of nitrogens with zero attached hydrogens (tertiary/aromatic N) is 1. The molecule has 0 unspecified atom stereocenters. The standard InChI is InChI=1S/C22H30N2O5S2/c1-15-7-9-17(10-8-15)31(27,28)24-12-16(14-25)18(13-24)20(19-6-5-11-30-19)23-21(26)29-22(2,3)4/h5-11,16,18,20,25H,12-14H2,1-4H3,(H,23,26)/t16-,18-,20+/m0/s1. The Balaban J connectivity index is 1.87.